The highest BCUT2D eigenvalue weighted by Gasteiger charge is 2.29. The first-order valence-corrected chi connectivity index (χ1v) is 3.37. The Kier molecular flexibility index (Phi) is 1.86. The van der Waals surface area contributed by atoms with E-state index < -0.39 is 0 Å². The summed E-state index contributed by atoms with van der Waals surface area (Å²) < 4.78 is 0. The minimum Gasteiger partial charge on any atom is -0.392 e. The van der Waals surface area contributed by atoms with Gasteiger partial charge < -0.3 is 5.11 Å². The van der Waals surface area contributed by atoms with Crippen LogP contribution in [0.5, 0.6) is 0 Å². The highest BCUT2D eigenvalue weighted by Crippen LogP contribution is 2.33. The van der Waals surface area contributed by atoms with Crippen LogP contribution in [0.3, 0.4) is 0 Å². The first-order chi connectivity index (χ1) is 4.20. The summed E-state index contributed by atoms with van der Waals surface area (Å²) in [6.07, 6.45) is 2.22. The third kappa shape index (κ3) is 2.14. The molecule has 1 N–H and O–H groups in total. The van der Waals surface area contributed by atoms with E-state index in [4.69, 9.17) is 5.11 Å². The molecule has 2 nitrogen and oxygen atoms in total. The molecule has 52 valence electrons. The molecule has 0 aromatic heterocycles. The Morgan fingerprint density at radius 3 is 2.67 bits per heavy atom. The molecule has 0 radical (unpaired) electrons. The second-order valence-corrected chi connectivity index (χ2v) is 2.81. The number of carbonyl (C=O) groups excluding carboxylic acids is 1. The van der Waals surface area contributed by atoms with Crippen molar-refractivity contribution >= 4 is 5.78 Å². The van der Waals surface area contributed by atoms with Crippen LogP contribution >= 0.6 is 0 Å². The molecule has 0 aromatic rings. The molecule has 0 bridgehead atoms. The van der Waals surface area contributed by atoms with Crippen LogP contribution in [-0.4, -0.2) is 17.0 Å². The predicted octanol–water partition coefficient (Wildman–Crippen LogP) is 0.736. The van der Waals surface area contributed by atoms with Crippen LogP contribution < -0.4 is 0 Å². The summed E-state index contributed by atoms with van der Waals surface area (Å²) >= 11 is 0. The first kappa shape index (κ1) is 6.75. The smallest absolute Gasteiger partial charge is 0.132 e. The number of hydrogen-bond acceptors (Lipinski definition) is 2. The van der Waals surface area contributed by atoms with Crippen LogP contribution in [0.2, 0.25) is 0 Å². The number of hydrogen-bond donors (Lipinski definition) is 1. The second-order valence-electron chi connectivity index (χ2n) is 2.81. The lowest BCUT2D eigenvalue weighted by Crippen LogP contribution is -2.12. The SMILES string of the molecule is CC(=O)CC(O)C1CC1. The lowest BCUT2D eigenvalue weighted by atomic mass is 10.1. The monoisotopic (exact) mass is 128 g/mol. The van der Waals surface area contributed by atoms with Gasteiger partial charge in [-0.1, -0.05) is 0 Å². The molecular weight excluding hydrogens is 116 g/mol. The molecule has 2 heteroatoms. The van der Waals surface area contributed by atoms with Crippen molar-refractivity contribution in [2.75, 3.05) is 0 Å². The molecule has 0 heterocycles. The largest absolute Gasteiger partial charge is 0.392 e. The van der Waals surface area contributed by atoms with E-state index >= 15 is 0 Å². The van der Waals surface area contributed by atoms with Gasteiger partial charge in [0.2, 0.25) is 0 Å². The summed E-state index contributed by atoms with van der Waals surface area (Å²) in [6.45, 7) is 1.52. The lowest BCUT2D eigenvalue weighted by molar-refractivity contribution is -0.119. The molecular formula is C7H12O2. The summed E-state index contributed by atoms with van der Waals surface area (Å²) in [7, 11) is 0. The van der Waals surface area contributed by atoms with Crippen LogP contribution in [0.4, 0.5) is 0 Å². The Balaban J connectivity index is 2.17. The van der Waals surface area contributed by atoms with E-state index in [1.807, 2.05) is 0 Å². The summed E-state index contributed by atoms with van der Waals surface area (Å²) in [5.74, 6) is 0.531. The molecule has 0 saturated heterocycles. The molecule has 0 amide bonds. The molecule has 0 aromatic carbocycles. The highest BCUT2D eigenvalue weighted by atomic mass is 16.3. The molecule has 1 rings (SSSR count). The van der Waals surface area contributed by atoms with E-state index in [2.05, 4.69) is 0 Å². The van der Waals surface area contributed by atoms with E-state index in [1.54, 1.807) is 0 Å². The van der Waals surface area contributed by atoms with Crippen molar-refractivity contribution in [3.63, 3.8) is 0 Å². The van der Waals surface area contributed by atoms with Crippen molar-refractivity contribution in [3.8, 4) is 0 Å². The maximum Gasteiger partial charge on any atom is 0.132 e. The topological polar surface area (TPSA) is 37.3 Å². The van der Waals surface area contributed by atoms with Crippen molar-refractivity contribution in [1.29, 1.82) is 0 Å². The number of aliphatic hydroxyl groups excluding tert-OH is 1. The Hall–Kier alpha value is -0.370. The molecule has 0 spiro atoms. The van der Waals surface area contributed by atoms with Gasteiger partial charge in [-0.05, 0) is 25.7 Å². The molecule has 1 unspecified atom stereocenters. The van der Waals surface area contributed by atoms with Crippen molar-refractivity contribution in [2.45, 2.75) is 32.3 Å². The third-order valence-corrected chi connectivity index (χ3v) is 1.66. The highest BCUT2D eigenvalue weighted by molar-refractivity contribution is 5.76. The molecule has 1 atom stereocenters. The minimum absolute atomic E-state index is 0.0920. The van der Waals surface area contributed by atoms with Crippen LogP contribution in [0.1, 0.15) is 26.2 Å². The number of rotatable bonds is 3. The Labute approximate surface area is 54.9 Å². The quantitative estimate of drug-likeness (QED) is 0.608. The van der Waals surface area contributed by atoms with Gasteiger partial charge in [0.05, 0.1) is 6.10 Å². The predicted molar refractivity (Wildman–Crippen MR) is 34.0 cm³/mol. The van der Waals surface area contributed by atoms with Crippen molar-refractivity contribution in [1.82, 2.24) is 0 Å². The van der Waals surface area contributed by atoms with E-state index in [9.17, 15) is 4.79 Å². The van der Waals surface area contributed by atoms with Gasteiger partial charge in [0.15, 0.2) is 0 Å². The normalized spacial score (nSPS) is 21.6. The summed E-state index contributed by atoms with van der Waals surface area (Å²) in [6, 6.07) is 0. The van der Waals surface area contributed by atoms with Gasteiger partial charge in [-0.15, -0.1) is 0 Å². The number of Topliss-reactive ketones (excluding diaryl/α,β-unsaturated/α-hetero) is 1. The minimum atomic E-state index is -0.345. The van der Waals surface area contributed by atoms with E-state index in [0.29, 0.717) is 12.3 Å². The van der Waals surface area contributed by atoms with E-state index in [1.165, 1.54) is 6.92 Å². The Morgan fingerprint density at radius 1 is 1.78 bits per heavy atom. The van der Waals surface area contributed by atoms with E-state index in [0.717, 1.165) is 12.8 Å². The molecule has 1 saturated carbocycles. The number of aliphatic hydroxyl groups is 1. The Morgan fingerprint density at radius 2 is 2.33 bits per heavy atom. The summed E-state index contributed by atoms with van der Waals surface area (Å²) in [5.41, 5.74) is 0. The fourth-order valence-corrected chi connectivity index (χ4v) is 0.942. The Bertz CT molecular complexity index is 116. The molecule has 0 aliphatic heterocycles. The number of ketones is 1. The van der Waals surface area contributed by atoms with Crippen LogP contribution in [0.15, 0.2) is 0 Å². The average Bonchev–Trinajstić information content (AvgIpc) is 2.40. The number of carbonyl (C=O) groups is 1. The standard InChI is InChI=1S/C7H12O2/c1-5(8)4-7(9)6-2-3-6/h6-7,9H,2-4H2,1H3. The van der Waals surface area contributed by atoms with Gasteiger partial charge in [-0.25, -0.2) is 0 Å². The maximum absolute atomic E-state index is 10.4. The van der Waals surface area contributed by atoms with Crippen LogP contribution in [0, 0.1) is 5.92 Å². The third-order valence-electron chi connectivity index (χ3n) is 1.66. The first-order valence-electron chi connectivity index (χ1n) is 3.37. The maximum atomic E-state index is 10.4. The van der Waals surface area contributed by atoms with Crippen molar-refractivity contribution < 1.29 is 9.90 Å². The van der Waals surface area contributed by atoms with Crippen LogP contribution in [0.25, 0.3) is 0 Å². The van der Waals surface area contributed by atoms with Gasteiger partial charge in [0, 0.05) is 6.42 Å². The fraction of sp³-hybridized carbons (Fsp3) is 0.857. The van der Waals surface area contributed by atoms with Gasteiger partial charge in [-0.2, -0.15) is 0 Å². The zero-order valence-electron chi connectivity index (χ0n) is 5.63. The molecule has 1 aliphatic rings. The average molecular weight is 128 g/mol. The van der Waals surface area contributed by atoms with E-state index in [-0.39, 0.29) is 11.9 Å². The molecule has 1 fully saturated rings. The lowest BCUT2D eigenvalue weighted by Gasteiger charge is -2.03. The van der Waals surface area contributed by atoms with Gasteiger partial charge in [0.1, 0.15) is 5.78 Å². The van der Waals surface area contributed by atoms with Gasteiger partial charge in [-0.3, -0.25) is 4.79 Å². The fourth-order valence-electron chi connectivity index (χ4n) is 0.942. The van der Waals surface area contributed by atoms with Crippen molar-refractivity contribution in [2.24, 2.45) is 5.92 Å². The summed E-state index contributed by atoms with van der Waals surface area (Å²) in [4.78, 5) is 10.4. The van der Waals surface area contributed by atoms with Gasteiger partial charge >= 0.3 is 0 Å². The van der Waals surface area contributed by atoms with Crippen LogP contribution in [-0.2, 0) is 4.79 Å². The zero-order chi connectivity index (χ0) is 6.85. The zero-order valence-corrected chi connectivity index (χ0v) is 5.63. The summed E-state index contributed by atoms with van der Waals surface area (Å²) in [5, 5.41) is 9.14. The van der Waals surface area contributed by atoms with Gasteiger partial charge in [0.25, 0.3) is 0 Å². The van der Waals surface area contributed by atoms with Crippen molar-refractivity contribution in [3.05, 3.63) is 0 Å². The molecule has 9 heavy (non-hydrogen) atoms. The second kappa shape index (κ2) is 2.48. The molecule has 1 aliphatic carbocycles.